The standard InChI is InChI=1S/C25H25NO4/c1-25(2)13-12-20-23(29-5)11-9-19(24(20)30-25)22(27)10-6-16-15-26(3)21-14-17(28-4)7-8-18(16)21/h6-15H,1-5H3/b10-6+. The molecule has 0 atom stereocenters. The molecule has 0 bridgehead atoms. The van der Waals surface area contributed by atoms with E-state index in [0.29, 0.717) is 17.1 Å². The monoisotopic (exact) mass is 403 g/mol. The number of benzene rings is 2. The summed E-state index contributed by atoms with van der Waals surface area (Å²) in [5.74, 6) is 1.91. The predicted molar refractivity (Wildman–Crippen MR) is 120 cm³/mol. The van der Waals surface area contributed by atoms with Gasteiger partial charge >= 0.3 is 0 Å². The first-order valence-corrected chi connectivity index (χ1v) is 9.77. The van der Waals surface area contributed by atoms with Gasteiger partial charge in [-0.25, -0.2) is 0 Å². The second-order valence-corrected chi connectivity index (χ2v) is 7.87. The highest BCUT2D eigenvalue weighted by Crippen LogP contribution is 2.40. The van der Waals surface area contributed by atoms with Gasteiger partial charge in [0.15, 0.2) is 5.78 Å². The molecule has 0 aliphatic carbocycles. The van der Waals surface area contributed by atoms with Crippen LogP contribution in [-0.2, 0) is 7.05 Å². The van der Waals surface area contributed by atoms with Gasteiger partial charge in [0.05, 0.1) is 30.9 Å². The van der Waals surface area contributed by atoms with Gasteiger partial charge in [0, 0.05) is 30.3 Å². The molecule has 30 heavy (non-hydrogen) atoms. The summed E-state index contributed by atoms with van der Waals surface area (Å²) in [6.45, 7) is 3.92. The van der Waals surface area contributed by atoms with Gasteiger partial charge in [0.2, 0.25) is 0 Å². The molecule has 2 aromatic carbocycles. The third kappa shape index (κ3) is 3.47. The molecule has 5 nitrogen and oxygen atoms in total. The van der Waals surface area contributed by atoms with E-state index in [-0.39, 0.29) is 5.78 Å². The molecule has 0 unspecified atom stereocenters. The molecule has 0 fully saturated rings. The van der Waals surface area contributed by atoms with Crippen molar-refractivity contribution in [2.24, 2.45) is 7.05 Å². The minimum absolute atomic E-state index is 0.120. The van der Waals surface area contributed by atoms with E-state index in [0.717, 1.165) is 27.8 Å². The minimum Gasteiger partial charge on any atom is -0.497 e. The minimum atomic E-state index is -0.493. The Labute approximate surface area is 176 Å². The predicted octanol–water partition coefficient (Wildman–Crippen LogP) is 5.28. The maximum Gasteiger partial charge on any atom is 0.189 e. The number of carbonyl (C=O) groups excluding carboxylic acids is 1. The van der Waals surface area contributed by atoms with Crippen LogP contribution in [0.5, 0.6) is 17.2 Å². The Morgan fingerprint density at radius 1 is 1.13 bits per heavy atom. The first-order chi connectivity index (χ1) is 14.3. The number of aromatic nitrogens is 1. The van der Waals surface area contributed by atoms with Gasteiger partial charge in [-0.15, -0.1) is 0 Å². The van der Waals surface area contributed by atoms with Gasteiger partial charge in [-0.2, -0.15) is 0 Å². The molecule has 1 aromatic heterocycles. The molecule has 1 aliphatic heterocycles. The number of ether oxygens (including phenoxy) is 3. The molecule has 5 heteroatoms. The second-order valence-electron chi connectivity index (χ2n) is 7.87. The fourth-order valence-electron chi connectivity index (χ4n) is 3.71. The van der Waals surface area contributed by atoms with Crippen molar-refractivity contribution in [2.75, 3.05) is 14.2 Å². The van der Waals surface area contributed by atoms with Crippen molar-refractivity contribution >= 4 is 28.8 Å². The first kappa shape index (κ1) is 19.8. The first-order valence-electron chi connectivity index (χ1n) is 9.77. The van der Waals surface area contributed by atoms with Crippen molar-refractivity contribution in [2.45, 2.75) is 19.4 Å². The van der Waals surface area contributed by atoms with Gasteiger partial charge in [0.25, 0.3) is 0 Å². The number of aryl methyl sites for hydroxylation is 1. The lowest BCUT2D eigenvalue weighted by Gasteiger charge is -2.29. The van der Waals surface area contributed by atoms with Crippen molar-refractivity contribution in [3.8, 4) is 17.2 Å². The summed E-state index contributed by atoms with van der Waals surface area (Å²) in [6.07, 6.45) is 9.36. The highest BCUT2D eigenvalue weighted by Gasteiger charge is 2.27. The summed E-state index contributed by atoms with van der Waals surface area (Å²) in [4.78, 5) is 13.1. The van der Waals surface area contributed by atoms with Crippen LogP contribution in [0, 0.1) is 0 Å². The molecule has 0 spiro atoms. The highest BCUT2D eigenvalue weighted by molar-refractivity contribution is 6.10. The molecule has 0 saturated carbocycles. The van der Waals surface area contributed by atoms with Gasteiger partial charge in [0.1, 0.15) is 22.8 Å². The topological polar surface area (TPSA) is 49.7 Å². The number of hydrogen-bond donors (Lipinski definition) is 0. The molecule has 0 amide bonds. The number of rotatable bonds is 5. The third-order valence-corrected chi connectivity index (χ3v) is 5.30. The molecule has 154 valence electrons. The summed E-state index contributed by atoms with van der Waals surface area (Å²) in [6, 6.07) is 9.47. The number of nitrogens with zero attached hydrogens (tertiary/aromatic N) is 1. The van der Waals surface area contributed by atoms with Crippen LogP contribution in [0.2, 0.25) is 0 Å². The van der Waals surface area contributed by atoms with Crippen LogP contribution in [0.1, 0.15) is 35.3 Å². The van der Waals surface area contributed by atoms with E-state index < -0.39 is 5.60 Å². The molecule has 0 N–H and O–H groups in total. The van der Waals surface area contributed by atoms with E-state index in [1.54, 1.807) is 32.4 Å². The normalized spacial score (nSPS) is 14.6. The van der Waals surface area contributed by atoms with Crippen molar-refractivity contribution < 1.29 is 19.0 Å². The average Bonchev–Trinajstić information content (AvgIpc) is 3.05. The Hall–Kier alpha value is -3.47. The number of allylic oxidation sites excluding steroid dienone is 1. The van der Waals surface area contributed by atoms with Crippen molar-refractivity contribution in [1.82, 2.24) is 4.57 Å². The van der Waals surface area contributed by atoms with Crippen LogP contribution in [0.4, 0.5) is 0 Å². The van der Waals surface area contributed by atoms with Crippen LogP contribution in [0.3, 0.4) is 0 Å². The molecule has 4 rings (SSSR count). The van der Waals surface area contributed by atoms with E-state index in [2.05, 4.69) is 0 Å². The average molecular weight is 403 g/mol. The Balaban J connectivity index is 1.71. The van der Waals surface area contributed by atoms with Gasteiger partial charge < -0.3 is 18.8 Å². The Bertz CT molecular complexity index is 1200. The number of ketones is 1. The van der Waals surface area contributed by atoms with Crippen LogP contribution in [0.25, 0.3) is 23.1 Å². The molecule has 0 radical (unpaired) electrons. The van der Waals surface area contributed by atoms with Crippen LogP contribution >= 0.6 is 0 Å². The smallest absolute Gasteiger partial charge is 0.189 e. The largest absolute Gasteiger partial charge is 0.497 e. The molecule has 2 heterocycles. The highest BCUT2D eigenvalue weighted by atomic mass is 16.5. The number of carbonyl (C=O) groups is 1. The maximum absolute atomic E-state index is 13.1. The van der Waals surface area contributed by atoms with E-state index in [1.807, 2.05) is 68.1 Å². The molecule has 3 aromatic rings. The van der Waals surface area contributed by atoms with Crippen molar-refractivity contribution in [3.05, 3.63) is 65.4 Å². The van der Waals surface area contributed by atoms with E-state index >= 15 is 0 Å². The molecule has 0 saturated heterocycles. The Morgan fingerprint density at radius 2 is 1.93 bits per heavy atom. The lowest BCUT2D eigenvalue weighted by molar-refractivity contribution is 0.103. The number of fused-ring (bicyclic) bond motifs is 2. The van der Waals surface area contributed by atoms with Crippen LogP contribution in [0.15, 0.2) is 48.7 Å². The van der Waals surface area contributed by atoms with Crippen LogP contribution in [-0.4, -0.2) is 30.2 Å². The molecule has 1 aliphatic rings. The summed E-state index contributed by atoms with van der Waals surface area (Å²) in [5, 5.41) is 1.06. The molecular weight excluding hydrogens is 378 g/mol. The van der Waals surface area contributed by atoms with Gasteiger partial charge in [-0.05, 0) is 62.4 Å². The summed E-state index contributed by atoms with van der Waals surface area (Å²) in [5.41, 5.74) is 2.81. The van der Waals surface area contributed by atoms with Gasteiger partial charge in [-0.1, -0.05) is 0 Å². The fraction of sp³-hybridized carbons (Fsp3) is 0.240. The SMILES string of the molecule is COc1ccc2c(/C=C/C(=O)c3ccc(OC)c4c3OC(C)(C)C=C4)cn(C)c2c1. The second kappa shape index (κ2) is 7.41. The van der Waals surface area contributed by atoms with Crippen molar-refractivity contribution in [1.29, 1.82) is 0 Å². The Kier molecular flexibility index (Phi) is 4.90. The third-order valence-electron chi connectivity index (χ3n) is 5.30. The summed E-state index contributed by atoms with van der Waals surface area (Å²) < 4.78 is 18.9. The number of methoxy groups -OCH3 is 2. The van der Waals surface area contributed by atoms with Crippen molar-refractivity contribution in [3.63, 3.8) is 0 Å². The quantitative estimate of drug-likeness (QED) is 0.430. The lowest BCUT2D eigenvalue weighted by atomic mass is 9.97. The van der Waals surface area contributed by atoms with Crippen LogP contribution < -0.4 is 14.2 Å². The summed E-state index contributed by atoms with van der Waals surface area (Å²) >= 11 is 0. The molecular formula is C25H25NO4. The maximum atomic E-state index is 13.1. The zero-order chi connectivity index (χ0) is 21.5. The van der Waals surface area contributed by atoms with E-state index in [9.17, 15) is 4.79 Å². The Morgan fingerprint density at radius 3 is 2.67 bits per heavy atom. The zero-order valence-corrected chi connectivity index (χ0v) is 17.9. The van der Waals surface area contributed by atoms with E-state index in [4.69, 9.17) is 14.2 Å². The van der Waals surface area contributed by atoms with Gasteiger partial charge in [-0.3, -0.25) is 4.79 Å². The van der Waals surface area contributed by atoms with E-state index in [1.165, 1.54) is 0 Å². The lowest BCUT2D eigenvalue weighted by Crippen LogP contribution is -2.28. The summed E-state index contributed by atoms with van der Waals surface area (Å²) in [7, 11) is 5.24. The number of hydrogen-bond acceptors (Lipinski definition) is 4. The zero-order valence-electron chi connectivity index (χ0n) is 17.9. The fourth-order valence-corrected chi connectivity index (χ4v) is 3.71.